The monoisotopic (exact) mass is 382 g/mol. The molecule has 0 nitrogen and oxygen atoms in total. The predicted octanol–water partition coefficient (Wildman–Crippen LogP) is -18.0. The second kappa shape index (κ2) is 112. The van der Waals surface area contributed by atoms with Crippen LogP contribution in [0.25, 0.3) is 0 Å². The van der Waals surface area contributed by atoms with Crippen molar-refractivity contribution in [2.24, 2.45) is 0 Å². The van der Waals surface area contributed by atoms with E-state index < -0.39 is 0 Å². The second-order valence-corrected chi connectivity index (χ2v) is 0. The van der Waals surface area contributed by atoms with Crippen molar-refractivity contribution in [1.29, 1.82) is 0 Å². The van der Waals surface area contributed by atoms with Crippen LogP contribution in [-0.2, 0) is 50.3 Å². The number of halogens is 6. The van der Waals surface area contributed by atoms with Crippen molar-refractivity contribution in [1.82, 2.24) is 0 Å². The molecule has 2 radical (unpaired) electrons. The molecule has 0 saturated carbocycles. The Morgan fingerprint density at radius 3 is 0.444 bits per heavy atom. The smallest absolute Gasteiger partial charge is 1.00 e. The molecule has 0 rings (SSSR count). The fourth-order valence-corrected chi connectivity index (χ4v) is 0. The van der Waals surface area contributed by atoms with Gasteiger partial charge in [0.15, 0.2) is 0 Å². The number of hydrogen-bond acceptors (Lipinski definition) is 0. The van der Waals surface area contributed by atoms with Crippen LogP contribution in [0.1, 0.15) is 0 Å². The minimum atomic E-state index is 0. The minimum Gasteiger partial charge on any atom is -1.00 e. The normalized spacial score (nSPS) is 0. The molecule has 9 heavy (non-hydrogen) atoms. The van der Waals surface area contributed by atoms with Gasteiger partial charge >= 0.3 is 50.3 Å². The van der Waals surface area contributed by atoms with Crippen molar-refractivity contribution in [2.75, 3.05) is 0 Å². The van der Waals surface area contributed by atoms with E-state index in [1.54, 1.807) is 0 Å². The van der Waals surface area contributed by atoms with Crippen LogP contribution < -0.4 is 74.4 Å². The Morgan fingerprint density at radius 1 is 0.444 bits per heavy atom. The molecule has 0 aliphatic rings. The summed E-state index contributed by atoms with van der Waals surface area (Å²) >= 11 is 0. The van der Waals surface area contributed by atoms with E-state index in [9.17, 15) is 0 Å². The van der Waals surface area contributed by atoms with Crippen LogP contribution >= 0.6 is 0 Å². The average molecular weight is 385 g/mol. The van der Waals surface area contributed by atoms with Crippen LogP contribution in [0.5, 0.6) is 0 Å². The van der Waals surface area contributed by atoms with Gasteiger partial charge in [-0.15, -0.1) is 0 Å². The third-order valence-corrected chi connectivity index (χ3v) is 0. The van der Waals surface area contributed by atoms with Gasteiger partial charge in [0.25, 0.3) is 0 Å². The van der Waals surface area contributed by atoms with Crippen molar-refractivity contribution < 1.29 is 125 Å². The fourth-order valence-electron chi connectivity index (χ4n) is 0. The molecule has 0 aromatic heterocycles. The van der Waals surface area contributed by atoms with Crippen LogP contribution in [0.3, 0.4) is 0 Å². The Balaban J connectivity index is 0. The first-order valence-corrected chi connectivity index (χ1v) is 0. The molecule has 0 heterocycles. The van der Waals surface area contributed by atoms with Crippen molar-refractivity contribution in [3.63, 3.8) is 0 Å². The Bertz CT molecular complexity index is 13.0. The molecule has 0 amide bonds. The molecule has 0 atom stereocenters. The third-order valence-electron chi connectivity index (χ3n) is 0. The molecule has 0 aliphatic carbocycles. The van der Waals surface area contributed by atoms with Crippen molar-refractivity contribution >= 4 is 0 Å². The molecule has 0 aromatic carbocycles. The molecule has 0 bridgehead atoms. The van der Waals surface area contributed by atoms with Gasteiger partial charge < -0.3 is 74.4 Å². The molecule has 0 fully saturated rings. The van der Waals surface area contributed by atoms with Gasteiger partial charge in [-0.05, 0) is 0 Å². The van der Waals surface area contributed by atoms with Gasteiger partial charge in [-0.1, -0.05) is 0 Å². The molecule has 0 spiro atoms. The summed E-state index contributed by atoms with van der Waals surface area (Å²) in [7, 11) is 0. The maximum atomic E-state index is 0. The van der Waals surface area contributed by atoms with E-state index in [1.807, 2.05) is 0 Å². The first kappa shape index (κ1) is 146. The van der Waals surface area contributed by atoms with E-state index in [1.165, 1.54) is 0 Å². The van der Waals surface area contributed by atoms with Gasteiger partial charge in [0.1, 0.15) is 0 Å². The predicted molar refractivity (Wildman–Crippen MR) is 0 cm³/mol. The van der Waals surface area contributed by atoms with E-state index in [4.69, 9.17) is 0 Å². The molecule has 0 unspecified atom stereocenters. The van der Waals surface area contributed by atoms with Crippen LogP contribution in [0.4, 0.5) is 0 Å². The zero-order valence-corrected chi connectivity index (χ0v) is 11.0. The maximum Gasteiger partial charge on any atom is 2.00 e. The van der Waals surface area contributed by atoms with E-state index >= 15 is 0 Å². The van der Waals surface area contributed by atoms with Gasteiger partial charge in [0.05, 0.1) is 0 Å². The third kappa shape index (κ3) is 90.9. The zero-order valence-electron chi connectivity index (χ0n) is 3.30. The van der Waals surface area contributed by atoms with Gasteiger partial charge in [-0.25, -0.2) is 0 Å². The molecule has 0 N–H and O–H groups in total. The van der Waals surface area contributed by atoms with E-state index in [-0.39, 0.29) is 125 Å². The van der Waals surface area contributed by atoms with Crippen molar-refractivity contribution in [3.05, 3.63) is 0 Å². The van der Waals surface area contributed by atoms with Gasteiger partial charge in [0.2, 0.25) is 0 Å². The summed E-state index contributed by atoms with van der Waals surface area (Å²) in [5.74, 6) is 0. The first-order chi connectivity index (χ1) is 0. The van der Waals surface area contributed by atoms with Gasteiger partial charge in [-0.3, -0.25) is 0 Å². The summed E-state index contributed by atoms with van der Waals surface area (Å²) in [6.45, 7) is 0. The molecular formula is Cl6CoMnNi. The number of hydrogen-bond donors (Lipinski definition) is 0. The summed E-state index contributed by atoms with van der Waals surface area (Å²) in [4.78, 5) is 0. The summed E-state index contributed by atoms with van der Waals surface area (Å²) in [6, 6.07) is 0. The van der Waals surface area contributed by atoms with Gasteiger partial charge in [-0.2, -0.15) is 0 Å². The van der Waals surface area contributed by atoms with Crippen LogP contribution in [0.15, 0.2) is 0 Å². The maximum absolute atomic E-state index is 0. The fraction of sp³-hybridized carbons (Fsp3) is 0. The molecule has 0 saturated heterocycles. The molecule has 0 aliphatic heterocycles. The summed E-state index contributed by atoms with van der Waals surface area (Å²) in [6.07, 6.45) is 0. The average Bonchev–Trinajstić information content (AvgIpc) is 0. The Hall–Kier alpha value is 3.26. The summed E-state index contributed by atoms with van der Waals surface area (Å²) in [5, 5.41) is 0. The van der Waals surface area contributed by atoms with Crippen LogP contribution in [0, 0.1) is 0 Å². The Morgan fingerprint density at radius 2 is 0.444 bits per heavy atom. The molecule has 9 heteroatoms. The van der Waals surface area contributed by atoms with Crippen LogP contribution in [0.2, 0.25) is 0 Å². The number of rotatable bonds is 0. The standard InChI is InChI=1S/6ClH.Co.Mn.Ni/h6*1H;;;/q;;;;;;3*+2/p-6. The molecular weight excluding hydrogens is 385 g/mol. The topological polar surface area (TPSA) is 0 Å². The van der Waals surface area contributed by atoms with Crippen molar-refractivity contribution in [3.8, 4) is 0 Å². The molecule has 68 valence electrons. The van der Waals surface area contributed by atoms with Crippen LogP contribution in [-0.4, -0.2) is 0 Å². The van der Waals surface area contributed by atoms with Crippen molar-refractivity contribution in [2.45, 2.75) is 0 Å². The zero-order chi connectivity index (χ0) is 0. The minimum absolute atomic E-state index is 0. The summed E-state index contributed by atoms with van der Waals surface area (Å²) in [5.41, 5.74) is 0. The quantitative estimate of drug-likeness (QED) is 0.364. The SMILES string of the molecule is [Cl-].[Cl-].[Cl-].[Cl-].[Cl-].[Cl-].[Co+2].[Mn+2].[Ni+2]. The van der Waals surface area contributed by atoms with E-state index in [2.05, 4.69) is 0 Å². The Labute approximate surface area is 123 Å². The molecule has 0 aromatic rings. The first-order valence-electron chi connectivity index (χ1n) is 0. The second-order valence-electron chi connectivity index (χ2n) is 0. The summed E-state index contributed by atoms with van der Waals surface area (Å²) < 4.78 is 0. The van der Waals surface area contributed by atoms with E-state index in [0.29, 0.717) is 0 Å². The Kier molecular flexibility index (Phi) is 1810. The largest absolute Gasteiger partial charge is 2.00 e. The van der Waals surface area contributed by atoms with Gasteiger partial charge in [0, 0.05) is 0 Å². The van der Waals surface area contributed by atoms with E-state index in [0.717, 1.165) is 0 Å².